The van der Waals surface area contributed by atoms with Gasteiger partial charge < -0.3 is 19.2 Å². The molecule has 29 heavy (non-hydrogen) atoms. The molecule has 156 valence electrons. The smallest absolute Gasteiger partial charge is 0.347 e. The third-order valence-electron chi connectivity index (χ3n) is 4.27. The van der Waals surface area contributed by atoms with E-state index < -0.39 is 29.9 Å². The lowest BCUT2D eigenvalue weighted by Crippen LogP contribution is -2.33. The summed E-state index contributed by atoms with van der Waals surface area (Å²) >= 11 is 11.9. The molecule has 1 N–H and O–H groups in total. The number of methoxy groups -OCH3 is 1. The molecule has 1 aromatic carbocycles. The van der Waals surface area contributed by atoms with Gasteiger partial charge in [0.2, 0.25) is 5.78 Å². The first-order chi connectivity index (χ1) is 13.6. The highest BCUT2D eigenvalue weighted by molar-refractivity contribution is 6.35. The first-order valence-corrected chi connectivity index (χ1v) is 9.46. The maximum absolute atomic E-state index is 12.7. The molecule has 0 aliphatic carbocycles. The largest absolute Gasteiger partial charge is 0.477 e. The Morgan fingerprint density at radius 2 is 1.72 bits per heavy atom. The molecule has 0 bridgehead atoms. The number of benzene rings is 1. The number of H-pyrrole nitrogens is 1. The number of halogens is 2. The number of aromatic amines is 1. The molecule has 0 fully saturated rings. The number of nitrogens with one attached hydrogen (secondary N) is 1. The van der Waals surface area contributed by atoms with Crippen LogP contribution >= 0.6 is 23.2 Å². The first-order valence-electron chi connectivity index (χ1n) is 8.70. The lowest BCUT2D eigenvalue weighted by Gasteiger charge is -2.18. The number of rotatable bonds is 7. The highest BCUT2D eigenvalue weighted by Crippen LogP contribution is 2.28. The SMILES string of the molecule is COC(=O)c1c(C)[nH]c(C(=O)[C@@H](C)OC(=O)[C@H](C)Oc2ccc(Cl)cc2Cl)c1C. The number of carbonyl (C=O) groups excluding carboxylic acids is 3. The van der Waals surface area contributed by atoms with Crippen LogP contribution in [-0.2, 0) is 14.3 Å². The van der Waals surface area contributed by atoms with Gasteiger partial charge in [0.05, 0.1) is 23.4 Å². The van der Waals surface area contributed by atoms with Crippen molar-refractivity contribution in [1.29, 1.82) is 0 Å². The van der Waals surface area contributed by atoms with E-state index in [2.05, 4.69) is 4.98 Å². The summed E-state index contributed by atoms with van der Waals surface area (Å²) in [5.74, 6) is -1.52. The fourth-order valence-electron chi connectivity index (χ4n) is 2.74. The van der Waals surface area contributed by atoms with Gasteiger partial charge in [-0.2, -0.15) is 0 Å². The van der Waals surface area contributed by atoms with Crippen LogP contribution in [-0.4, -0.2) is 42.0 Å². The lowest BCUT2D eigenvalue weighted by molar-refractivity contribution is -0.153. The Morgan fingerprint density at radius 1 is 1.07 bits per heavy atom. The first kappa shape index (κ1) is 22.8. The highest BCUT2D eigenvalue weighted by Gasteiger charge is 2.29. The van der Waals surface area contributed by atoms with E-state index in [1.54, 1.807) is 19.9 Å². The molecule has 2 atom stereocenters. The second-order valence-electron chi connectivity index (χ2n) is 6.39. The van der Waals surface area contributed by atoms with Crippen LogP contribution in [0.5, 0.6) is 5.75 Å². The van der Waals surface area contributed by atoms with Crippen molar-refractivity contribution in [2.24, 2.45) is 0 Å². The van der Waals surface area contributed by atoms with Crippen LogP contribution < -0.4 is 4.74 Å². The third kappa shape index (κ3) is 5.10. The quantitative estimate of drug-likeness (QED) is 0.508. The predicted molar refractivity (Wildman–Crippen MR) is 108 cm³/mol. The van der Waals surface area contributed by atoms with E-state index >= 15 is 0 Å². The molecule has 2 aromatic rings. The van der Waals surface area contributed by atoms with Gasteiger partial charge in [-0.25, -0.2) is 9.59 Å². The molecule has 0 radical (unpaired) electrons. The highest BCUT2D eigenvalue weighted by atomic mass is 35.5. The zero-order chi connectivity index (χ0) is 21.9. The lowest BCUT2D eigenvalue weighted by atomic mass is 10.1. The van der Waals surface area contributed by atoms with E-state index in [9.17, 15) is 14.4 Å². The van der Waals surface area contributed by atoms with E-state index in [-0.39, 0.29) is 22.0 Å². The van der Waals surface area contributed by atoms with Crippen molar-refractivity contribution in [2.75, 3.05) is 7.11 Å². The molecule has 0 amide bonds. The van der Waals surface area contributed by atoms with Crippen LogP contribution in [0.25, 0.3) is 0 Å². The molecule has 0 saturated heterocycles. The molecule has 1 aromatic heterocycles. The van der Waals surface area contributed by atoms with Gasteiger partial charge >= 0.3 is 11.9 Å². The molecule has 2 rings (SSSR count). The van der Waals surface area contributed by atoms with Crippen LogP contribution in [0.3, 0.4) is 0 Å². The second-order valence-corrected chi connectivity index (χ2v) is 7.24. The molecular formula is C20H21Cl2NO6. The fourth-order valence-corrected chi connectivity index (χ4v) is 3.19. The van der Waals surface area contributed by atoms with Crippen LogP contribution in [0.1, 0.15) is 46.0 Å². The summed E-state index contributed by atoms with van der Waals surface area (Å²) in [5.41, 5.74) is 1.38. The maximum Gasteiger partial charge on any atom is 0.347 e. The predicted octanol–water partition coefficient (Wildman–Crippen LogP) is 4.31. The van der Waals surface area contributed by atoms with Gasteiger partial charge in [-0.1, -0.05) is 23.2 Å². The number of hydrogen-bond donors (Lipinski definition) is 1. The van der Waals surface area contributed by atoms with Crippen molar-refractivity contribution in [3.63, 3.8) is 0 Å². The minimum absolute atomic E-state index is 0.178. The number of ketones is 1. The van der Waals surface area contributed by atoms with Crippen LogP contribution in [0.4, 0.5) is 0 Å². The van der Waals surface area contributed by atoms with Gasteiger partial charge in [-0.15, -0.1) is 0 Å². The fraction of sp³-hybridized carbons (Fsp3) is 0.350. The van der Waals surface area contributed by atoms with E-state index in [1.165, 1.54) is 33.1 Å². The number of Topliss-reactive ketones (excluding diaryl/α,β-unsaturated/α-hetero) is 1. The van der Waals surface area contributed by atoms with Crippen LogP contribution in [0, 0.1) is 13.8 Å². The molecule has 0 saturated carbocycles. The zero-order valence-corrected chi connectivity index (χ0v) is 18.1. The Labute approximate surface area is 178 Å². The summed E-state index contributed by atoms with van der Waals surface area (Å²) in [7, 11) is 1.26. The topological polar surface area (TPSA) is 94.7 Å². The Hall–Kier alpha value is -2.51. The van der Waals surface area contributed by atoms with Gasteiger partial charge in [0, 0.05) is 10.7 Å². The number of aryl methyl sites for hydroxylation is 1. The molecule has 0 spiro atoms. The Morgan fingerprint density at radius 3 is 2.31 bits per heavy atom. The summed E-state index contributed by atoms with van der Waals surface area (Å²) < 4.78 is 15.5. The molecule has 7 nitrogen and oxygen atoms in total. The normalized spacial score (nSPS) is 12.8. The zero-order valence-electron chi connectivity index (χ0n) is 16.6. The summed E-state index contributed by atoms with van der Waals surface area (Å²) in [5, 5.41) is 0.675. The number of hydrogen-bond acceptors (Lipinski definition) is 6. The molecule has 9 heteroatoms. The Bertz CT molecular complexity index is 953. The van der Waals surface area contributed by atoms with Crippen molar-refractivity contribution < 1.29 is 28.6 Å². The minimum atomic E-state index is -1.10. The summed E-state index contributed by atoms with van der Waals surface area (Å²) in [4.78, 5) is 39.8. The summed E-state index contributed by atoms with van der Waals surface area (Å²) in [6.07, 6.45) is -2.11. The van der Waals surface area contributed by atoms with Gasteiger partial charge in [0.1, 0.15) is 5.75 Å². The Kier molecular flexibility index (Phi) is 7.32. The Balaban J connectivity index is 2.09. The van der Waals surface area contributed by atoms with E-state index in [1.807, 2.05) is 0 Å². The van der Waals surface area contributed by atoms with Gasteiger partial charge in [0.25, 0.3) is 0 Å². The monoisotopic (exact) mass is 441 g/mol. The molecule has 0 unspecified atom stereocenters. The number of esters is 2. The van der Waals surface area contributed by atoms with E-state index in [4.69, 9.17) is 37.4 Å². The van der Waals surface area contributed by atoms with Crippen LogP contribution in [0.2, 0.25) is 10.0 Å². The summed E-state index contributed by atoms with van der Waals surface area (Å²) in [6, 6.07) is 4.59. The van der Waals surface area contributed by atoms with E-state index in [0.717, 1.165) is 0 Å². The van der Waals surface area contributed by atoms with Gasteiger partial charge in [0.15, 0.2) is 12.2 Å². The van der Waals surface area contributed by atoms with Gasteiger partial charge in [-0.3, -0.25) is 4.79 Å². The average molecular weight is 442 g/mol. The van der Waals surface area contributed by atoms with Crippen molar-refractivity contribution in [2.45, 2.75) is 39.9 Å². The van der Waals surface area contributed by atoms with Crippen molar-refractivity contribution in [1.82, 2.24) is 4.98 Å². The van der Waals surface area contributed by atoms with Gasteiger partial charge in [-0.05, 0) is 51.5 Å². The summed E-state index contributed by atoms with van der Waals surface area (Å²) in [6.45, 7) is 6.18. The average Bonchev–Trinajstić information content (AvgIpc) is 2.96. The number of aromatic nitrogens is 1. The molecular weight excluding hydrogens is 421 g/mol. The second kappa shape index (κ2) is 9.33. The molecule has 0 aliphatic rings. The third-order valence-corrected chi connectivity index (χ3v) is 4.80. The number of ether oxygens (including phenoxy) is 3. The van der Waals surface area contributed by atoms with Crippen LogP contribution in [0.15, 0.2) is 18.2 Å². The van der Waals surface area contributed by atoms with Crippen molar-refractivity contribution in [3.8, 4) is 5.75 Å². The standard InChI is InChI=1S/C20H21Cl2NO6/c1-9-16(20(26)27-5)10(2)23-17(9)18(24)11(3)29-19(25)12(4)28-15-7-6-13(21)8-14(15)22/h6-8,11-12,23H,1-5H3/t11-,12+/m1/s1. The number of carbonyl (C=O) groups is 3. The molecule has 1 heterocycles. The molecule has 0 aliphatic heterocycles. The van der Waals surface area contributed by atoms with E-state index in [0.29, 0.717) is 16.3 Å². The van der Waals surface area contributed by atoms with Crippen molar-refractivity contribution >= 4 is 40.9 Å². The van der Waals surface area contributed by atoms with Crippen molar-refractivity contribution in [3.05, 3.63) is 50.8 Å². The maximum atomic E-state index is 12.7. The minimum Gasteiger partial charge on any atom is -0.477 e.